The van der Waals surface area contributed by atoms with E-state index in [9.17, 15) is 14.7 Å². The first kappa shape index (κ1) is 16.5. The van der Waals surface area contributed by atoms with E-state index in [-0.39, 0.29) is 11.9 Å². The summed E-state index contributed by atoms with van der Waals surface area (Å²) in [4.78, 5) is 26.2. The zero-order chi connectivity index (χ0) is 15.1. The Morgan fingerprint density at radius 2 is 1.80 bits per heavy atom. The van der Waals surface area contributed by atoms with Gasteiger partial charge in [-0.05, 0) is 19.3 Å². The lowest BCUT2D eigenvalue weighted by molar-refractivity contribution is 0.325. The van der Waals surface area contributed by atoms with Crippen LogP contribution in [0.25, 0.3) is 0 Å². The summed E-state index contributed by atoms with van der Waals surface area (Å²) in [6.45, 7) is 6.09. The monoisotopic (exact) mass is 282 g/mol. The smallest absolute Gasteiger partial charge is 0.331 e. The molecule has 1 atom stereocenters. The van der Waals surface area contributed by atoms with Gasteiger partial charge in [-0.2, -0.15) is 0 Å². The number of unbranched alkanes of at least 4 members (excludes halogenated alkanes) is 1. The number of nitrogens with one attached hydrogen (secondary N) is 1. The van der Waals surface area contributed by atoms with Crippen LogP contribution < -0.4 is 11.2 Å². The number of nitrogens with zero attached hydrogens (tertiary/aromatic N) is 1. The molecule has 0 spiro atoms. The molecule has 1 aromatic rings. The molecular weight excluding hydrogens is 256 g/mol. The molecule has 0 aliphatic heterocycles. The highest BCUT2D eigenvalue weighted by Gasteiger charge is 2.19. The van der Waals surface area contributed by atoms with Gasteiger partial charge in [-0.15, -0.1) is 0 Å². The number of hydrogen-bond acceptors (Lipinski definition) is 3. The number of aromatic nitrogens is 2. The molecule has 1 heterocycles. The second-order valence-electron chi connectivity index (χ2n) is 5.27. The van der Waals surface area contributed by atoms with E-state index in [0.29, 0.717) is 12.0 Å². The SMILES string of the molecule is CCCCC(CCC)n1c(O)c(CCC)c(=O)[nH]c1=O. The molecule has 2 N–H and O–H groups in total. The van der Waals surface area contributed by atoms with Gasteiger partial charge in [0.1, 0.15) is 0 Å². The van der Waals surface area contributed by atoms with Gasteiger partial charge in [0.2, 0.25) is 5.88 Å². The van der Waals surface area contributed by atoms with E-state index >= 15 is 0 Å². The fraction of sp³-hybridized carbons (Fsp3) is 0.733. The third kappa shape index (κ3) is 3.74. The molecule has 1 unspecified atom stereocenters. The van der Waals surface area contributed by atoms with Gasteiger partial charge in [0.05, 0.1) is 5.56 Å². The number of H-pyrrole nitrogens is 1. The van der Waals surface area contributed by atoms with E-state index in [0.717, 1.165) is 38.5 Å². The molecule has 0 bridgehead atoms. The maximum Gasteiger partial charge on any atom is 0.331 e. The molecule has 20 heavy (non-hydrogen) atoms. The zero-order valence-electron chi connectivity index (χ0n) is 12.7. The molecule has 0 aliphatic rings. The molecule has 0 fully saturated rings. The van der Waals surface area contributed by atoms with Gasteiger partial charge in [0, 0.05) is 6.04 Å². The van der Waals surface area contributed by atoms with Crippen LogP contribution in [0, 0.1) is 0 Å². The van der Waals surface area contributed by atoms with E-state index < -0.39 is 11.2 Å². The summed E-state index contributed by atoms with van der Waals surface area (Å²) in [6.07, 6.45) is 5.87. The molecule has 0 amide bonds. The third-order valence-electron chi connectivity index (χ3n) is 3.59. The van der Waals surface area contributed by atoms with Gasteiger partial charge < -0.3 is 5.11 Å². The van der Waals surface area contributed by atoms with Crippen molar-refractivity contribution in [3.05, 3.63) is 26.4 Å². The topological polar surface area (TPSA) is 75.1 Å². The zero-order valence-corrected chi connectivity index (χ0v) is 12.7. The predicted octanol–water partition coefficient (Wildman–Crippen LogP) is 2.73. The second-order valence-corrected chi connectivity index (χ2v) is 5.27. The van der Waals surface area contributed by atoms with Crippen LogP contribution in [0.3, 0.4) is 0 Å². The van der Waals surface area contributed by atoms with E-state index in [4.69, 9.17) is 0 Å². The normalized spacial score (nSPS) is 12.6. The standard InChI is InChI=1S/C15H26N2O3/c1-4-7-10-11(8-5-2)17-14(19)12(9-6-3)13(18)16-15(17)20/h11,19H,4-10H2,1-3H3,(H,16,18,20). The molecule has 0 saturated carbocycles. The Bertz CT molecular complexity index is 531. The lowest BCUT2D eigenvalue weighted by Crippen LogP contribution is -2.34. The van der Waals surface area contributed by atoms with E-state index in [1.54, 1.807) is 0 Å². The fourth-order valence-corrected chi connectivity index (χ4v) is 2.57. The summed E-state index contributed by atoms with van der Waals surface area (Å²) in [7, 11) is 0. The first-order chi connectivity index (χ1) is 9.56. The van der Waals surface area contributed by atoms with Crippen molar-refractivity contribution in [3.8, 4) is 5.88 Å². The van der Waals surface area contributed by atoms with Gasteiger partial charge in [-0.3, -0.25) is 14.3 Å². The summed E-state index contributed by atoms with van der Waals surface area (Å²) in [5.41, 5.74) is -0.636. The largest absolute Gasteiger partial charge is 0.494 e. The number of aromatic hydroxyl groups is 1. The highest BCUT2D eigenvalue weighted by molar-refractivity contribution is 5.23. The lowest BCUT2D eigenvalue weighted by Gasteiger charge is -2.21. The van der Waals surface area contributed by atoms with Crippen LogP contribution in [0.15, 0.2) is 9.59 Å². The highest BCUT2D eigenvalue weighted by atomic mass is 16.3. The maximum absolute atomic E-state index is 12.0. The van der Waals surface area contributed by atoms with Crippen molar-refractivity contribution in [3.63, 3.8) is 0 Å². The molecule has 1 rings (SSSR count). The predicted molar refractivity (Wildman–Crippen MR) is 80.5 cm³/mol. The van der Waals surface area contributed by atoms with Gasteiger partial charge in [0.15, 0.2) is 0 Å². The Hall–Kier alpha value is -1.52. The van der Waals surface area contributed by atoms with Crippen LogP contribution in [0.2, 0.25) is 0 Å². The Kier molecular flexibility index (Phi) is 6.55. The molecule has 0 radical (unpaired) electrons. The molecule has 0 saturated heterocycles. The van der Waals surface area contributed by atoms with Crippen molar-refractivity contribution >= 4 is 0 Å². The molecule has 0 aromatic carbocycles. The van der Waals surface area contributed by atoms with Crippen LogP contribution in [0.4, 0.5) is 0 Å². The van der Waals surface area contributed by atoms with E-state index in [1.165, 1.54) is 4.57 Å². The highest BCUT2D eigenvalue weighted by Crippen LogP contribution is 2.25. The minimum atomic E-state index is -0.498. The van der Waals surface area contributed by atoms with Gasteiger partial charge in [-0.1, -0.05) is 46.5 Å². The van der Waals surface area contributed by atoms with Gasteiger partial charge in [-0.25, -0.2) is 4.79 Å². The molecule has 5 nitrogen and oxygen atoms in total. The van der Waals surface area contributed by atoms with Crippen molar-refractivity contribution in [2.75, 3.05) is 0 Å². The first-order valence-corrected chi connectivity index (χ1v) is 7.63. The van der Waals surface area contributed by atoms with Crippen LogP contribution in [0.1, 0.15) is 70.9 Å². The van der Waals surface area contributed by atoms with Crippen LogP contribution in [0.5, 0.6) is 5.88 Å². The molecule has 0 aliphatic carbocycles. The number of aromatic amines is 1. The summed E-state index contributed by atoms with van der Waals surface area (Å²) in [5, 5.41) is 10.3. The maximum atomic E-state index is 12.0. The minimum absolute atomic E-state index is 0.0418. The average Bonchev–Trinajstić information content (AvgIpc) is 2.40. The van der Waals surface area contributed by atoms with E-state index in [1.807, 2.05) is 6.92 Å². The van der Waals surface area contributed by atoms with Gasteiger partial charge >= 0.3 is 5.69 Å². The summed E-state index contributed by atoms with van der Waals surface area (Å²) >= 11 is 0. The molecule has 5 heteroatoms. The second kappa shape index (κ2) is 7.92. The Morgan fingerprint density at radius 3 is 2.35 bits per heavy atom. The van der Waals surface area contributed by atoms with Crippen molar-refractivity contribution < 1.29 is 5.11 Å². The summed E-state index contributed by atoms with van der Waals surface area (Å²) < 4.78 is 1.38. The summed E-state index contributed by atoms with van der Waals surface area (Å²) in [5.74, 6) is -0.143. The number of rotatable bonds is 8. The first-order valence-electron chi connectivity index (χ1n) is 7.63. The van der Waals surface area contributed by atoms with E-state index in [2.05, 4.69) is 18.8 Å². The quantitative estimate of drug-likeness (QED) is 0.769. The van der Waals surface area contributed by atoms with Gasteiger partial charge in [0.25, 0.3) is 5.56 Å². The Labute approximate surface area is 119 Å². The Balaban J connectivity index is 3.29. The summed E-state index contributed by atoms with van der Waals surface area (Å²) in [6, 6.07) is -0.0418. The fourth-order valence-electron chi connectivity index (χ4n) is 2.57. The number of hydrogen-bond donors (Lipinski definition) is 2. The third-order valence-corrected chi connectivity index (χ3v) is 3.59. The van der Waals surface area contributed by atoms with Crippen LogP contribution >= 0.6 is 0 Å². The minimum Gasteiger partial charge on any atom is -0.494 e. The van der Waals surface area contributed by atoms with Crippen molar-refractivity contribution in [1.29, 1.82) is 0 Å². The Morgan fingerprint density at radius 1 is 1.10 bits per heavy atom. The van der Waals surface area contributed by atoms with Crippen molar-refractivity contribution in [2.24, 2.45) is 0 Å². The lowest BCUT2D eigenvalue weighted by atomic mass is 10.0. The van der Waals surface area contributed by atoms with Crippen molar-refractivity contribution in [1.82, 2.24) is 9.55 Å². The van der Waals surface area contributed by atoms with Crippen molar-refractivity contribution in [2.45, 2.75) is 71.8 Å². The molecule has 114 valence electrons. The molecule has 1 aromatic heterocycles. The average molecular weight is 282 g/mol. The molecular formula is C15H26N2O3. The van der Waals surface area contributed by atoms with Crippen LogP contribution in [-0.4, -0.2) is 14.7 Å². The van der Waals surface area contributed by atoms with Crippen LogP contribution in [-0.2, 0) is 6.42 Å².